The van der Waals surface area contributed by atoms with E-state index in [1.54, 1.807) is 12.1 Å². The molecule has 3 nitrogen and oxygen atoms in total. The van der Waals surface area contributed by atoms with Crippen LogP contribution in [0.2, 0.25) is 0 Å². The quantitative estimate of drug-likeness (QED) is 0.806. The predicted octanol–water partition coefficient (Wildman–Crippen LogP) is 4.04. The van der Waals surface area contributed by atoms with Crippen LogP contribution in [0.5, 0.6) is 0 Å². The van der Waals surface area contributed by atoms with Crippen molar-refractivity contribution in [3.05, 3.63) is 65.5 Å². The van der Waals surface area contributed by atoms with E-state index in [0.717, 1.165) is 35.8 Å². The van der Waals surface area contributed by atoms with Crippen LogP contribution in [0.1, 0.15) is 22.8 Å². The molecule has 0 N–H and O–H groups in total. The van der Waals surface area contributed by atoms with Gasteiger partial charge in [0.05, 0.1) is 0 Å². The Balaban J connectivity index is 1.56. The van der Waals surface area contributed by atoms with Gasteiger partial charge >= 0.3 is 0 Å². The predicted molar refractivity (Wildman–Crippen MR) is 103 cm³/mol. The van der Waals surface area contributed by atoms with E-state index in [9.17, 15) is 9.18 Å². The molecular formula is C20H23FN2OS. The van der Waals surface area contributed by atoms with E-state index >= 15 is 0 Å². The summed E-state index contributed by atoms with van der Waals surface area (Å²) in [5.74, 6) is 1.95. The molecule has 1 heterocycles. The minimum Gasteiger partial charge on any atom is -0.368 e. The number of thioether (sulfide) groups is 1. The molecule has 1 amide bonds. The Labute approximate surface area is 152 Å². The summed E-state index contributed by atoms with van der Waals surface area (Å²) in [4.78, 5) is 16.8. The van der Waals surface area contributed by atoms with Gasteiger partial charge in [0.2, 0.25) is 0 Å². The first kappa shape index (κ1) is 17.8. The molecule has 2 aromatic rings. The first-order valence-electron chi connectivity index (χ1n) is 8.64. The second-order valence-corrected chi connectivity index (χ2v) is 7.36. The lowest BCUT2D eigenvalue weighted by Crippen LogP contribution is -2.48. The minimum absolute atomic E-state index is 0.0912. The maximum Gasteiger partial charge on any atom is 0.253 e. The SMILES string of the molecule is CCSCc1ccc(C(=O)N2CCN(c3ccc(F)cc3)CC2)cc1. The van der Waals surface area contributed by atoms with E-state index in [4.69, 9.17) is 0 Å². The molecule has 3 rings (SSSR count). The monoisotopic (exact) mass is 358 g/mol. The van der Waals surface area contributed by atoms with Crippen molar-refractivity contribution in [1.29, 1.82) is 0 Å². The fourth-order valence-corrected chi connectivity index (χ4v) is 3.60. The summed E-state index contributed by atoms with van der Waals surface area (Å²) in [6.45, 7) is 5.05. The summed E-state index contributed by atoms with van der Waals surface area (Å²) < 4.78 is 13.0. The standard InChI is InChI=1S/C20H23FN2OS/c1-2-25-15-16-3-5-17(6-4-16)20(24)23-13-11-22(12-14-23)19-9-7-18(21)8-10-19/h3-10H,2,11-15H2,1H3. The molecular weight excluding hydrogens is 335 g/mol. The molecule has 0 aliphatic carbocycles. The van der Waals surface area contributed by atoms with Crippen LogP contribution in [0.15, 0.2) is 48.5 Å². The smallest absolute Gasteiger partial charge is 0.253 e. The van der Waals surface area contributed by atoms with Gasteiger partial charge in [0.1, 0.15) is 5.82 Å². The number of benzene rings is 2. The van der Waals surface area contributed by atoms with Crippen molar-refractivity contribution in [3.8, 4) is 0 Å². The van der Waals surface area contributed by atoms with Crippen LogP contribution >= 0.6 is 11.8 Å². The number of amides is 1. The molecule has 132 valence electrons. The number of hydrogen-bond donors (Lipinski definition) is 0. The van der Waals surface area contributed by atoms with E-state index < -0.39 is 0 Å². The fraction of sp³-hybridized carbons (Fsp3) is 0.350. The molecule has 0 atom stereocenters. The Morgan fingerprint density at radius 1 is 1.00 bits per heavy atom. The highest BCUT2D eigenvalue weighted by Gasteiger charge is 2.22. The number of carbonyl (C=O) groups is 1. The Hall–Kier alpha value is -2.01. The Bertz CT molecular complexity index is 695. The number of piperazine rings is 1. The van der Waals surface area contributed by atoms with Crippen molar-refractivity contribution in [1.82, 2.24) is 4.90 Å². The molecule has 25 heavy (non-hydrogen) atoms. The van der Waals surface area contributed by atoms with Crippen molar-refractivity contribution in [2.75, 3.05) is 36.8 Å². The highest BCUT2D eigenvalue weighted by molar-refractivity contribution is 7.98. The molecule has 0 unspecified atom stereocenters. The van der Waals surface area contributed by atoms with Crippen LogP contribution in [0, 0.1) is 5.82 Å². The van der Waals surface area contributed by atoms with Crippen molar-refractivity contribution in [2.45, 2.75) is 12.7 Å². The Kier molecular flexibility index (Phi) is 5.97. The first-order chi connectivity index (χ1) is 12.2. The molecule has 0 bridgehead atoms. The summed E-state index contributed by atoms with van der Waals surface area (Å²) in [5, 5.41) is 0. The number of rotatable bonds is 5. The van der Waals surface area contributed by atoms with Crippen LogP contribution in [-0.2, 0) is 5.75 Å². The maximum absolute atomic E-state index is 13.0. The lowest BCUT2D eigenvalue weighted by atomic mass is 10.1. The van der Waals surface area contributed by atoms with Gasteiger partial charge in [-0.25, -0.2) is 4.39 Å². The van der Waals surface area contributed by atoms with Crippen LogP contribution in [-0.4, -0.2) is 42.7 Å². The van der Waals surface area contributed by atoms with Gasteiger partial charge in [0.25, 0.3) is 5.91 Å². The average Bonchev–Trinajstić information content (AvgIpc) is 2.67. The number of anilines is 1. The summed E-state index contributed by atoms with van der Waals surface area (Å²) in [6.07, 6.45) is 0. The summed E-state index contributed by atoms with van der Waals surface area (Å²) in [7, 11) is 0. The van der Waals surface area contributed by atoms with Gasteiger partial charge in [-0.1, -0.05) is 19.1 Å². The van der Waals surface area contributed by atoms with Crippen LogP contribution in [0.3, 0.4) is 0 Å². The number of nitrogens with zero attached hydrogens (tertiary/aromatic N) is 2. The molecule has 2 aromatic carbocycles. The van der Waals surface area contributed by atoms with Gasteiger partial charge < -0.3 is 9.80 Å². The van der Waals surface area contributed by atoms with Crippen LogP contribution in [0.25, 0.3) is 0 Å². The van der Waals surface area contributed by atoms with Gasteiger partial charge in [-0.2, -0.15) is 11.8 Å². The Morgan fingerprint density at radius 2 is 1.64 bits per heavy atom. The van der Waals surface area contributed by atoms with Gasteiger partial charge in [0.15, 0.2) is 0 Å². The zero-order valence-electron chi connectivity index (χ0n) is 14.5. The third kappa shape index (κ3) is 4.54. The second kappa shape index (κ2) is 8.39. The van der Waals surface area contributed by atoms with E-state index in [-0.39, 0.29) is 11.7 Å². The number of carbonyl (C=O) groups excluding carboxylic acids is 1. The first-order valence-corrected chi connectivity index (χ1v) is 9.79. The summed E-state index contributed by atoms with van der Waals surface area (Å²) >= 11 is 1.88. The molecule has 0 radical (unpaired) electrons. The Morgan fingerprint density at radius 3 is 2.24 bits per heavy atom. The third-order valence-electron chi connectivity index (χ3n) is 4.43. The van der Waals surface area contributed by atoms with E-state index in [2.05, 4.69) is 11.8 Å². The normalized spacial score (nSPS) is 14.6. The lowest BCUT2D eigenvalue weighted by molar-refractivity contribution is 0.0747. The van der Waals surface area contributed by atoms with E-state index in [1.807, 2.05) is 40.9 Å². The molecule has 1 fully saturated rings. The average molecular weight is 358 g/mol. The van der Waals surface area contributed by atoms with E-state index in [1.165, 1.54) is 17.7 Å². The zero-order chi connectivity index (χ0) is 17.6. The molecule has 1 saturated heterocycles. The summed E-state index contributed by atoms with van der Waals surface area (Å²) in [5.41, 5.74) is 3.01. The molecule has 0 spiro atoms. The fourth-order valence-electron chi connectivity index (χ4n) is 2.97. The second-order valence-electron chi connectivity index (χ2n) is 6.09. The molecule has 1 aliphatic heterocycles. The number of hydrogen-bond acceptors (Lipinski definition) is 3. The highest BCUT2D eigenvalue weighted by Crippen LogP contribution is 2.19. The van der Waals surface area contributed by atoms with Crippen LogP contribution < -0.4 is 4.90 Å². The largest absolute Gasteiger partial charge is 0.368 e. The number of halogens is 1. The van der Waals surface area contributed by atoms with E-state index in [0.29, 0.717) is 13.1 Å². The highest BCUT2D eigenvalue weighted by atomic mass is 32.2. The molecule has 0 saturated carbocycles. The minimum atomic E-state index is -0.224. The summed E-state index contributed by atoms with van der Waals surface area (Å²) in [6, 6.07) is 14.5. The van der Waals surface area contributed by atoms with Crippen molar-refractivity contribution >= 4 is 23.4 Å². The van der Waals surface area contributed by atoms with Gasteiger partial charge in [-0.3, -0.25) is 4.79 Å². The topological polar surface area (TPSA) is 23.6 Å². The lowest BCUT2D eigenvalue weighted by Gasteiger charge is -2.36. The third-order valence-corrected chi connectivity index (χ3v) is 5.38. The van der Waals surface area contributed by atoms with Crippen LogP contribution in [0.4, 0.5) is 10.1 Å². The molecule has 5 heteroatoms. The van der Waals surface area contributed by atoms with Gasteiger partial charge in [-0.05, 0) is 47.7 Å². The van der Waals surface area contributed by atoms with Gasteiger partial charge in [-0.15, -0.1) is 0 Å². The van der Waals surface area contributed by atoms with Crippen molar-refractivity contribution in [2.24, 2.45) is 0 Å². The zero-order valence-corrected chi connectivity index (χ0v) is 15.3. The molecule has 0 aromatic heterocycles. The maximum atomic E-state index is 13.0. The van der Waals surface area contributed by atoms with Crippen molar-refractivity contribution < 1.29 is 9.18 Å². The molecule has 1 aliphatic rings. The van der Waals surface area contributed by atoms with Gasteiger partial charge in [0, 0.05) is 43.2 Å². The van der Waals surface area contributed by atoms with Crippen molar-refractivity contribution in [3.63, 3.8) is 0 Å².